The molecule has 0 spiro atoms. The summed E-state index contributed by atoms with van der Waals surface area (Å²) in [4.78, 5) is 8.24. The van der Waals surface area contributed by atoms with Crippen LogP contribution in [0.5, 0.6) is 0 Å². The lowest BCUT2D eigenvalue weighted by Gasteiger charge is -2.27. The van der Waals surface area contributed by atoms with Gasteiger partial charge < -0.3 is 15.4 Å². The highest BCUT2D eigenvalue weighted by Crippen LogP contribution is 2.33. The fourth-order valence-electron chi connectivity index (χ4n) is 2.56. The first-order valence-corrected chi connectivity index (χ1v) is 8.26. The van der Waals surface area contributed by atoms with Crippen LogP contribution >= 0.6 is 11.3 Å². The number of ether oxygens (including phenoxy) is 1. The topological polar surface area (TPSA) is 51.4 Å². The van der Waals surface area contributed by atoms with Gasteiger partial charge in [0.1, 0.15) is 0 Å². The van der Waals surface area contributed by atoms with Crippen LogP contribution in [0.1, 0.15) is 50.6 Å². The van der Waals surface area contributed by atoms with Crippen LogP contribution < -0.4 is 10.6 Å². The van der Waals surface area contributed by atoms with Crippen LogP contribution in [0.4, 0.5) is 5.13 Å². The zero-order valence-corrected chi connectivity index (χ0v) is 13.9. The molecule has 20 heavy (non-hydrogen) atoms. The van der Waals surface area contributed by atoms with Crippen LogP contribution in [0.2, 0.25) is 0 Å². The number of thiazole rings is 1. The van der Waals surface area contributed by atoms with E-state index in [1.165, 1.54) is 17.7 Å². The molecule has 4 nitrogen and oxygen atoms in total. The Morgan fingerprint density at radius 2 is 2.15 bits per heavy atom. The number of hydrogen-bond donors (Lipinski definition) is 1. The molecule has 0 bridgehead atoms. The lowest BCUT2D eigenvalue weighted by Crippen LogP contribution is -2.33. The van der Waals surface area contributed by atoms with Crippen LogP contribution in [-0.4, -0.2) is 31.3 Å². The predicted octanol–water partition coefficient (Wildman–Crippen LogP) is 2.90. The van der Waals surface area contributed by atoms with Gasteiger partial charge >= 0.3 is 0 Å². The molecular weight excluding hydrogens is 270 g/mol. The predicted molar refractivity (Wildman–Crippen MR) is 85.6 cm³/mol. The van der Waals surface area contributed by atoms with E-state index in [2.05, 4.69) is 32.7 Å². The molecule has 114 valence electrons. The molecule has 0 saturated carbocycles. The Labute approximate surface area is 126 Å². The minimum Gasteiger partial charge on any atom is -0.376 e. The summed E-state index contributed by atoms with van der Waals surface area (Å²) in [6.07, 6.45) is 3.98. The number of nitrogens with two attached hydrogens (primary N) is 1. The van der Waals surface area contributed by atoms with Gasteiger partial charge in [0.15, 0.2) is 5.13 Å². The van der Waals surface area contributed by atoms with Gasteiger partial charge in [-0.15, -0.1) is 11.3 Å². The minimum atomic E-state index is 0.0473. The molecule has 0 amide bonds. The van der Waals surface area contributed by atoms with Crippen LogP contribution in [0.15, 0.2) is 0 Å². The zero-order chi connectivity index (χ0) is 14.8. The third-order valence-corrected chi connectivity index (χ3v) is 4.85. The lowest BCUT2D eigenvalue weighted by atomic mass is 9.91. The van der Waals surface area contributed by atoms with Gasteiger partial charge in [0, 0.05) is 37.0 Å². The first kappa shape index (κ1) is 15.7. The van der Waals surface area contributed by atoms with E-state index >= 15 is 0 Å². The van der Waals surface area contributed by atoms with E-state index in [1.807, 2.05) is 0 Å². The summed E-state index contributed by atoms with van der Waals surface area (Å²) in [7, 11) is 2.10. The second-order valence-electron chi connectivity index (χ2n) is 6.59. The van der Waals surface area contributed by atoms with Crippen LogP contribution in [-0.2, 0) is 16.7 Å². The van der Waals surface area contributed by atoms with Gasteiger partial charge in [-0.1, -0.05) is 20.8 Å². The van der Waals surface area contributed by atoms with Crippen LogP contribution in [0, 0.1) is 0 Å². The van der Waals surface area contributed by atoms with Crippen molar-refractivity contribution in [2.24, 2.45) is 5.73 Å². The summed E-state index contributed by atoms with van der Waals surface area (Å²) in [6.45, 7) is 8.95. The molecular formula is C15H27N3OS. The molecule has 0 aliphatic carbocycles. The Morgan fingerprint density at radius 3 is 2.65 bits per heavy atom. The molecule has 5 heteroatoms. The summed E-state index contributed by atoms with van der Waals surface area (Å²) in [5.74, 6) is 0. The van der Waals surface area contributed by atoms with Gasteiger partial charge in [-0.25, -0.2) is 4.98 Å². The molecule has 1 aliphatic heterocycles. The van der Waals surface area contributed by atoms with Gasteiger partial charge in [-0.05, 0) is 19.3 Å². The van der Waals surface area contributed by atoms with Crippen molar-refractivity contribution in [2.45, 2.75) is 58.1 Å². The Bertz CT molecular complexity index is 433. The summed E-state index contributed by atoms with van der Waals surface area (Å²) in [5.41, 5.74) is 7.06. The first-order chi connectivity index (χ1) is 9.41. The Balaban J connectivity index is 2.09. The van der Waals surface area contributed by atoms with Gasteiger partial charge in [-0.2, -0.15) is 0 Å². The molecule has 1 atom stereocenters. The molecule has 1 aliphatic rings. The van der Waals surface area contributed by atoms with E-state index in [9.17, 15) is 0 Å². The van der Waals surface area contributed by atoms with Gasteiger partial charge in [-0.3, -0.25) is 0 Å². The van der Waals surface area contributed by atoms with Crippen molar-refractivity contribution in [1.82, 2.24) is 4.98 Å². The maximum absolute atomic E-state index is 5.87. The van der Waals surface area contributed by atoms with E-state index in [-0.39, 0.29) is 5.41 Å². The average Bonchev–Trinajstić information content (AvgIpc) is 2.84. The van der Waals surface area contributed by atoms with Crippen molar-refractivity contribution in [3.63, 3.8) is 0 Å². The number of likely N-dealkylation sites (N-methyl/N-ethyl adjacent to an activating group) is 1. The zero-order valence-electron chi connectivity index (χ0n) is 13.1. The number of rotatable bonds is 4. The minimum absolute atomic E-state index is 0.0473. The van der Waals surface area contributed by atoms with E-state index in [0.29, 0.717) is 12.6 Å². The molecule has 2 N–H and O–H groups in total. The fraction of sp³-hybridized carbons (Fsp3) is 0.800. The molecule has 2 heterocycles. The number of hydrogen-bond acceptors (Lipinski definition) is 5. The number of nitrogens with zero attached hydrogens (tertiary/aromatic N) is 2. The molecule has 0 radical (unpaired) electrons. The van der Waals surface area contributed by atoms with Gasteiger partial charge in [0.25, 0.3) is 0 Å². The maximum atomic E-state index is 5.87. The van der Waals surface area contributed by atoms with Gasteiger partial charge in [0.2, 0.25) is 0 Å². The summed E-state index contributed by atoms with van der Waals surface area (Å²) >= 11 is 1.72. The van der Waals surface area contributed by atoms with Crippen molar-refractivity contribution >= 4 is 16.5 Å². The molecule has 1 aromatic rings. The Kier molecular flexibility index (Phi) is 5.04. The SMILES string of the molecule is CN(CC1CCCCO1)c1nc(C(C)(C)C)c(CN)s1. The molecule has 1 saturated heterocycles. The smallest absolute Gasteiger partial charge is 0.185 e. The van der Waals surface area contributed by atoms with Crippen molar-refractivity contribution in [3.05, 3.63) is 10.6 Å². The summed E-state index contributed by atoms with van der Waals surface area (Å²) in [5, 5.41) is 1.06. The Hall–Kier alpha value is -0.650. The average molecular weight is 297 g/mol. The van der Waals surface area contributed by atoms with Gasteiger partial charge in [0.05, 0.1) is 11.8 Å². The van der Waals surface area contributed by atoms with Crippen LogP contribution in [0.3, 0.4) is 0 Å². The second kappa shape index (κ2) is 6.41. The van der Waals surface area contributed by atoms with E-state index in [0.717, 1.165) is 30.4 Å². The number of anilines is 1. The standard InChI is InChI=1S/C15H27N3OS/c1-15(2,3)13-12(9-16)20-14(17-13)18(4)10-11-7-5-6-8-19-11/h11H,5-10,16H2,1-4H3. The highest BCUT2D eigenvalue weighted by Gasteiger charge is 2.24. The largest absolute Gasteiger partial charge is 0.376 e. The summed E-state index contributed by atoms with van der Waals surface area (Å²) < 4.78 is 5.81. The van der Waals surface area contributed by atoms with Crippen molar-refractivity contribution in [3.8, 4) is 0 Å². The molecule has 0 aromatic carbocycles. The second-order valence-corrected chi connectivity index (χ2v) is 7.65. The molecule has 1 unspecified atom stereocenters. The maximum Gasteiger partial charge on any atom is 0.185 e. The van der Waals surface area contributed by atoms with Crippen molar-refractivity contribution in [2.75, 3.05) is 25.1 Å². The number of aromatic nitrogens is 1. The fourth-order valence-corrected chi connectivity index (χ4v) is 3.68. The Morgan fingerprint density at radius 1 is 1.40 bits per heavy atom. The monoisotopic (exact) mass is 297 g/mol. The van der Waals surface area contributed by atoms with Crippen LogP contribution in [0.25, 0.3) is 0 Å². The molecule has 1 fully saturated rings. The van der Waals surface area contributed by atoms with Crippen molar-refractivity contribution < 1.29 is 4.74 Å². The normalized spacial score (nSPS) is 20.1. The highest BCUT2D eigenvalue weighted by atomic mass is 32.1. The van der Waals surface area contributed by atoms with E-state index < -0.39 is 0 Å². The van der Waals surface area contributed by atoms with E-state index in [1.54, 1.807) is 11.3 Å². The third kappa shape index (κ3) is 3.71. The van der Waals surface area contributed by atoms with E-state index in [4.69, 9.17) is 15.5 Å². The quantitative estimate of drug-likeness (QED) is 0.928. The molecule has 2 rings (SSSR count). The first-order valence-electron chi connectivity index (χ1n) is 7.45. The van der Waals surface area contributed by atoms with Crippen molar-refractivity contribution in [1.29, 1.82) is 0 Å². The highest BCUT2D eigenvalue weighted by molar-refractivity contribution is 7.15. The third-order valence-electron chi connectivity index (χ3n) is 3.66. The molecule has 1 aromatic heterocycles. The lowest BCUT2D eigenvalue weighted by molar-refractivity contribution is 0.0216. The summed E-state index contributed by atoms with van der Waals surface area (Å²) in [6, 6.07) is 0.